The number of ketones is 1. The van der Waals surface area contributed by atoms with Crippen molar-refractivity contribution >= 4 is 17.7 Å². The first kappa shape index (κ1) is 28.1. The molecule has 0 aromatic rings. The minimum Gasteiger partial charge on any atom is -0.478 e. The molecule has 4 rings (SSSR count). The van der Waals surface area contributed by atoms with E-state index in [4.69, 9.17) is 4.74 Å². The number of esters is 1. The van der Waals surface area contributed by atoms with Gasteiger partial charge in [0.25, 0.3) is 0 Å². The van der Waals surface area contributed by atoms with Crippen LogP contribution in [0.25, 0.3) is 0 Å². The van der Waals surface area contributed by atoms with Gasteiger partial charge in [0, 0.05) is 24.8 Å². The van der Waals surface area contributed by atoms with Crippen molar-refractivity contribution in [3.8, 4) is 0 Å². The molecule has 0 spiro atoms. The molecule has 4 fully saturated rings. The number of rotatable bonds is 5. The number of fused-ring (bicyclic) bond motifs is 5. The zero-order valence-corrected chi connectivity index (χ0v) is 23.7. The highest BCUT2D eigenvalue weighted by Crippen LogP contribution is 2.73. The minimum absolute atomic E-state index is 0.147. The van der Waals surface area contributed by atoms with Gasteiger partial charge in [0.1, 0.15) is 11.9 Å². The molecule has 37 heavy (non-hydrogen) atoms. The largest absolute Gasteiger partial charge is 0.478 e. The van der Waals surface area contributed by atoms with Crippen LogP contribution in [0.15, 0.2) is 22.8 Å². The van der Waals surface area contributed by atoms with Crippen LogP contribution in [0.2, 0.25) is 0 Å². The van der Waals surface area contributed by atoms with Gasteiger partial charge in [0.05, 0.1) is 6.10 Å². The van der Waals surface area contributed by atoms with Gasteiger partial charge < -0.3 is 14.9 Å². The Balaban J connectivity index is 1.83. The maximum Gasteiger partial charge on any atom is 0.331 e. The highest BCUT2D eigenvalue weighted by molar-refractivity contribution is 5.90. The van der Waals surface area contributed by atoms with Crippen molar-refractivity contribution in [3.63, 3.8) is 0 Å². The van der Waals surface area contributed by atoms with E-state index in [9.17, 15) is 24.6 Å². The Labute approximate surface area is 221 Å². The van der Waals surface area contributed by atoms with Gasteiger partial charge in [-0.2, -0.15) is 0 Å². The normalized spacial score (nSPS) is 44.3. The lowest BCUT2D eigenvalue weighted by Gasteiger charge is -2.66. The summed E-state index contributed by atoms with van der Waals surface area (Å²) in [5.74, 6) is -1.14. The lowest BCUT2D eigenvalue weighted by atomic mass is 9.37. The molecule has 0 saturated heterocycles. The van der Waals surface area contributed by atoms with Crippen LogP contribution in [-0.4, -0.2) is 40.1 Å². The number of carboxylic acids is 1. The fourth-order valence-electron chi connectivity index (χ4n) is 9.47. The summed E-state index contributed by atoms with van der Waals surface area (Å²) in [4.78, 5) is 39.0. The van der Waals surface area contributed by atoms with Gasteiger partial charge in [-0.15, -0.1) is 0 Å². The molecule has 9 atom stereocenters. The third-order valence-electron chi connectivity index (χ3n) is 11.3. The van der Waals surface area contributed by atoms with Crippen molar-refractivity contribution in [1.82, 2.24) is 0 Å². The summed E-state index contributed by atoms with van der Waals surface area (Å²) in [7, 11) is 0. The zero-order chi connectivity index (χ0) is 27.5. The lowest BCUT2D eigenvalue weighted by molar-refractivity contribution is -0.198. The average Bonchev–Trinajstić information content (AvgIpc) is 3.05. The summed E-state index contributed by atoms with van der Waals surface area (Å²) in [6, 6.07) is 0. The van der Waals surface area contributed by atoms with Crippen molar-refractivity contribution in [3.05, 3.63) is 22.8 Å². The molecule has 0 aromatic carbocycles. The predicted octanol–water partition coefficient (Wildman–Crippen LogP) is 5.87. The van der Waals surface area contributed by atoms with Crippen LogP contribution in [-0.2, 0) is 19.1 Å². The second kappa shape index (κ2) is 9.66. The second-order valence-corrected chi connectivity index (χ2v) is 13.5. The first-order valence-corrected chi connectivity index (χ1v) is 14.1. The molecule has 0 aromatic heterocycles. The Bertz CT molecular complexity index is 1040. The monoisotopic (exact) mass is 514 g/mol. The molecule has 0 heterocycles. The van der Waals surface area contributed by atoms with Crippen molar-refractivity contribution in [2.75, 3.05) is 0 Å². The van der Waals surface area contributed by atoms with E-state index >= 15 is 0 Å². The summed E-state index contributed by atoms with van der Waals surface area (Å²) < 4.78 is 5.84. The van der Waals surface area contributed by atoms with Gasteiger partial charge in [-0.05, 0) is 98.4 Å². The standard InChI is InChI=1S/C31H46O6/c1-17(2)9-8-10-20(28(35)36)26-22-15-24(34)27-29(5)13-12-23(33)18(3)21(29)11-14-30(27,6)31(22,7)16-25(26)37-19(4)32/h9,18,21-23,25,27,33H,8,10-16H2,1-7H3,(H,35,36)/t18-,21-,22-,23+,25-,27-,29-,30-,31-/m0/s1. The number of hydrogen-bond donors (Lipinski definition) is 2. The number of ether oxygens (including phenoxy) is 1. The van der Waals surface area contributed by atoms with Crippen LogP contribution >= 0.6 is 0 Å². The number of carboxylic acid groups (broad SMARTS) is 1. The van der Waals surface area contributed by atoms with Crippen LogP contribution in [0.1, 0.15) is 99.8 Å². The van der Waals surface area contributed by atoms with Crippen molar-refractivity contribution in [1.29, 1.82) is 0 Å². The number of hydrogen-bond acceptors (Lipinski definition) is 5. The van der Waals surface area contributed by atoms with Crippen molar-refractivity contribution in [2.24, 2.45) is 39.9 Å². The number of aliphatic hydroxyl groups excluding tert-OH is 1. The third-order valence-corrected chi connectivity index (χ3v) is 11.3. The maximum absolute atomic E-state index is 14.2. The molecule has 0 bridgehead atoms. The Morgan fingerprint density at radius 3 is 2.35 bits per heavy atom. The Morgan fingerprint density at radius 2 is 1.76 bits per heavy atom. The second-order valence-electron chi connectivity index (χ2n) is 13.5. The number of aliphatic carboxylic acids is 1. The molecular formula is C31H46O6. The zero-order valence-electron chi connectivity index (χ0n) is 23.7. The molecule has 0 unspecified atom stereocenters. The number of aliphatic hydroxyl groups is 1. The highest BCUT2D eigenvalue weighted by Gasteiger charge is 2.71. The summed E-state index contributed by atoms with van der Waals surface area (Å²) in [5.41, 5.74) is 1.19. The summed E-state index contributed by atoms with van der Waals surface area (Å²) >= 11 is 0. The van der Waals surface area contributed by atoms with Gasteiger partial charge in [-0.25, -0.2) is 4.79 Å². The number of carbonyl (C=O) groups excluding carboxylic acids is 2. The van der Waals surface area contributed by atoms with E-state index in [-0.39, 0.29) is 51.8 Å². The van der Waals surface area contributed by atoms with Gasteiger partial charge >= 0.3 is 11.9 Å². The Kier molecular flexibility index (Phi) is 7.33. The molecule has 4 saturated carbocycles. The Morgan fingerprint density at radius 1 is 1.08 bits per heavy atom. The van der Waals surface area contributed by atoms with Gasteiger partial charge in [0.15, 0.2) is 0 Å². The molecule has 6 nitrogen and oxygen atoms in total. The van der Waals surface area contributed by atoms with E-state index in [0.717, 1.165) is 24.8 Å². The number of allylic oxidation sites excluding steroid dienone is 2. The number of Topliss-reactive ketones (excluding diaryl/α,β-unsaturated/α-hetero) is 1. The van der Waals surface area contributed by atoms with E-state index < -0.39 is 18.0 Å². The van der Waals surface area contributed by atoms with E-state index in [1.165, 1.54) is 6.92 Å². The summed E-state index contributed by atoms with van der Waals surface area (Å²) in [6.45, 7) is 14.2. The molecule has 0 amide bonds. The molecule has 0 radical (unpaired) electrons. The smallest absolute Gasteiger partial charge is 0.331 e. The maximum atomic E-state index is 14.2. The number of carbonyl (C=O) groups is 3. The van der Waals surface area contributed by atoms with E-state index in [1.54, 1.807) is 0 Å². The van der Waals surface area contributed by atoms with E-state index in [2.05, 4.69) is 27.7 Å². The first-order valence-electron chi connectivity index (χ1n) is 14.1. The molecule has 6 heteroatoms. The van der Waals surface area contributed by atoms with Crippen LogP contribution in [0.3, 0.4) is 0 Å². The molecule has 4 aliphatic rings. The van der Waals surface area contributed by atoms with Crippen molar-refractivity contribution < 1.29 is 29.3 Å². The van der Waals surface area contributed by atoms with E-state index in [0.29, 0.717) is 43.3 Å². The predicted molar refractivity (Wildman–Crippen MR) is 142 cm³/mol. The Hall–Kier alpha value is -1.95. The first-order chi connectivity index (χ1) is 17.2. The SMILES string of the molecule is CC(=O)O[C@H]1C[C@@]2(C)[C@@H](CC(=O)[C@H]3[C@@]4(C)CC[C@@H](O)[C@@H](C)[C@@H]4CC[C@@]32C)C1=C(CCC=C(C)C)C(=O)O. The van der Waals surface area contributed by atoms with Gasteiger partial charge in [-0.3, -0.25) is 9.59 Å². The average molecular weight is 515 g/mol. The minimum atomic E-state index is -0.982. The molecule has 206 valence electrons. The summed E-state index contributed by atoms with van der Waals surface area (Å²) in [5, 5.41) is 20.9. The van der Waals surface area contributed by atoms with Gasteiger partial charge in [0.2, 0.25) is 0 Å². The third kappa shape index (κ3) is 4.31. The molecule has 0 aliphatic heterocycles. The lowest BCUT2D eigenvalue weighted by Crippen LogP contribution is -2.64. The van der Waals surface area contributed by atoms with Crippen LogP contribution in [0.5, 0.6) is 0 Å². The quantitative estimate of drug-likeness (QED) is 0.270. The molecule has 2 N–H and O–H groups in total. The van der Waals surface area contributed by atoms with Gasteiger partial charge in [-0.1, -0.05) is 39.3 Å². The van der Waals surface area contributed by atoms with Crippen molar-refractivity contribution in [2.45, 2.75) is 112 Å². The molecular weight excluding hydrogens is 468 g/mol. The van der Waals surface area contributed by atoms with Crippen LogP contribution in [0.4, 0.5) is 0 Å². The van der Waals surface area contributed by atoms with Crippen LogP contribution in [0, 0.1) is 39.9 Å². The van der Waals surface area contributed by atoms with Crippen LogP contribution < -0.4 is 0 Å². The topological polar surface area (TPSA) is 101 Å². The fourth-order valence-corrected chi connectivity index (χ4v) is 9.47. The van der Waals surface area contributed by atoms with E-state index in [1.807, 2.05) is 19.9 Å². The fraction of sp³-hybridized carbons (Fsp3) is 0.774. The summed E-state index contributed by atoms with van der Waals surface area (Å²) in [6.07, 6.45) is 6.22. The highest BCUT2D eigenvalue weighted by atomic mass is 16.5. The molecule has 4 aliphatic carbocycles.